The van der Waals surface area contributed by atoms with Crippen LogP contribution in [-0.4, -0.2) is 9.97 Å². The summed E-state index contributed by atoms with van der Waals surface area (Å²) in [5, 5.41) is 0. The van der Waals surface area contributed by atoms with E-state index in [2.05, 4.69) is 39.7 Å². The first-order valence-electron chi connectivity index (χ1n) is 6.15. The van der Waals surface area contributed by atoms with Crippen molar-refractivity contribution in [2.24, 2.45) is 5.41 Å². The molecule has 1 aliphatic rings. The fourth-order valence-corrected chi connectivity index (χ4v) is 2.65. The van der Waals surface area contributed by atoms with Crippen molar-refractivity contribution in [2.75, 3.05) is 0 Å². The van der Waals surface area contributed by atoms with Crippen LogP contribution in [0, 0.1) is 12.3 Å². The molecule has 1 saturated carbocycles. The minimum Gasteiger partial charge on any atom is -0.309 e. The van der Waals surface area contributed by atoms with E-state index in [1.165, 1.54) is 12.8 Å². The Morgan fingerprint density at radius 2 is 1.94 bits per heavy atom. The lowest BCUT2D eigenvalue weighted by molar-refractivity contribution is 0.220. The van der Waals surface area contributed by atoms with E-state index < -0.39 is 0 Å². The van der Waals surface area contributed by atoms with Gasteiger partial charge in [0, 0.05) is 5.92 Å². The zero-order valence-electron chi connectivity index (χ0n) is 10.6. The number of H-pyrrole nitrogens is 1. The van der Waals surface area contributed by atoms with Crippen LogP contribution in [0.3, 0.4) is 0 Å². The lowest BCUT2D eigenvalue weighted by Gasteiger charge is -2.33. The predicted octanol–water partition coefficient (Wildman–Crippen LogP) is 3.52. The molecule has 0 amide bonds. The van der Waals surface area contributed by atoms with Crippen molar-refractivity contribution in [3.8, 4) is 0 Å². The van der Waals surface area contributed by atoms with Crippen LogP contribution in [-0.2, 0) is 0 Å². The van der Waals surface area contributed by atoms with Gasteiger partial charge < -0.3 is 4.98 Å². The molecule has 1 aliphatic carbocycles. The molecule has 3 nitrogen and oxygen atoms in total. The number of hydrogen-bond acceptors (Lipinski definition) is 2. The fraction of sp³-hybridized carbons (Fsp3) is 0.692. The molecule has 94 valence electrons. The molecular formula is C13H19BrN2O. The van der Waals surface area contributed by atoms with Gasteiger partial charge >= 0.3 is 0 Å². The molecule has 2 rings (SSSR count). The highest BCUT2D eigenvalue weighted by Crippen LogP contribution is 2.41. The summed E-state index contributed by atoms with van der Waals surface area (Å²) in [5.41, 5.74) is 1.17. The highest BCUT2D eigenvalue weighted by Gasteiger charge is 2.29. The Labute approximate surface area is 110 Å². The van der Waals surface area contributed by atoms with Crippen molar-refractivity contribution in [1.82, 2.24) is 9.97 Å². The van der Waals surface area contributed by atoms with E-state index in [0.717, 1.165) is 24.4 Å². The average Bonchev–Trinajstić information content (AvgIpc) is 2.25. The largest absolute Gasteiger partial charge is 0.309 e. The summed E-state index contributed by atoms with van der Waals surface area (Å²) < 4.78 is 0.553. The summed E-state index contributed by atoms with van der Waals surface area (Å²) in [6.45, 7) is 6.49. The lowest BCUT2D eigenvalue weighted by Crippen LogP contribution is -2.24. The van der Waals surface area contributed by atoms with E-state index in [1.54, 1.807) is 0 Å². The molecule has 0 spiro atoms. The first-order chi connectivity index (χ1) is 7.89. The number of aromatic amines is 1. The van der Waals surface area contributed by atoms with Crippen LogP contribution < -0.4 is 5.56 Å². The quantitative estimate of drug-likeness (QED) is 0.862. The van der Waals surface area contributed by atoms with Gasteiger partial charge in [-0.05, 0) is 54.0 Å². The smallest absolute Gasteiger partial charge is 0.265 e. The number of rotatable bonds is 1. The molecule has 1 fully saturated rings. The number of halogens is 1. The molecule has 0 atom stereocenters. The second-order valence-corrected chi connectivity index (χ2v) is 6.58. The standard InChI is InChI=1S/C13H19BrN2O/c1-8-10(14)12(17)16-11(15-8)9-4-6-13(2,3)7-5-9/h9H,4-7H2,1-3H3,(H,15,16,17). The molecule has 0 aliphatic heterocycles. The van der Waals surface area contributed by atoms with Gasteiger partial charge in [0.25, 0.3) is 5.56 Å². The van der Waals surface area contributed by atoms with Crippen LogP contribution in [0.15, 0.2) is 9.27 Å². The van der Waals surface area contributed by atoms with Crippen molar-refractivity contribution in [1.29, 1.82) is 0 Å². The fourth-order valence-electron chi connectivity index (χ4n) is 2.46. The van der Waals surface area contributed by atoms with Crippen LogP contribution in [0.1, 0.15) is 57.0 Å². The Morgan fingerprint density at radius 3 is 2.47 bits per heavy atom. The SMILES string of the molecule is Cc1nc(C2CCC(C)(C)CC2)[nH]c(=O)c1Br. The van der Waals surface area contributed by atoms with Crippen molar-refractivity contribution >= 4 is 15.9 Å². The zero-order chi connectivity index (χ0) is 12.6. The number of nitrogens with zero attached hydrogens (tertiary/aromatic N) is 1. The summed E-state index contributed by atoms with van der Waals surface area (Å²) in [7, 11) is 0. The minimum atomic E-state index is -0.0580. The lowest BCUT2D eigenvalue weighted by atomic mass is 9.73. The maximum absolute atomic E-state index is 11.7. The van der Waals surface area contributed by atoms with Crippen LogP contribution in [0.4, 0.5) is 0 Å². The monoisotopic (exact) mass is 298 g/mol. The minimum absolute atomic E-state index is 0.0580. The molecule has 1 aromatic rings. The van der Waals surface area contributed by atoms with Gasteiger partial charge in [-0.3, -0.25) is 4.79 Å². The van der Waals surface area contributed by atoms with Gasteiger partial charge in [-0.1, -0.05) is 13.8 Å². The highest BCUT2D eigenvalue weighted by molar-refractivity contribution is 9.10. The molecular weight excluding hydrogens is 280 g/mol. The summed E-state index contributed by atoms with van der Waals surface area (Å²) in [6, 6.07) is 0. The number of aryl methyl sites for hydroxylation is 1. The maximum Gasteiger partial charge on any atom is 0.265 e. The molecule has 1 heterocycles. The Morgan fingerprint density at radius 1 is 1.35 bits per heavy atom. The molecule has 0 aromatic carbocycles. The molecule has 0 unspecified atom stereocenters. The van der Waals surface area contributed by atoms with Crippen LogP contribution in [0.5, 0.6) is 0 Å². The first kappa shape index (κ1) is 12.8. The van der Waals surface area contributed by atoms with E-state index in [9.17, 15) is 4.79 Å². The van der Waals surface area contributed by atoms with Crippen LogP contribution in [0.25, 0.3) is 0 Å². The number of aromatic nitrogens is 2. The Hall–Kier alpha value is -0.640. The average molecular weight is 299 g/mol. The molecule has 1 N–H and O–H groups in total. The van der Waals surface area contributed by atoms with Crippen molar-refractivity contribution < 1.29 is 0 Å². The summed E-state index contributed by atoms with van der Waals surface area (Å²) in [4.78, 5) is 19.1. The highest BCUT2D eigenvalue weighted by atomic mass is 79.9. The van der Waals surface area contributed by atoms with Crippen LogP contribution in [0.2, 0.25) is 0 Å². The Balaban J connectivity index is 2.22. The molecule has 0 radical (unpaired) electrons. The predicted molar refractivity (Wildman–Crippen MR) is 72.3 cm³/mol. The molecule has 0 bridgehead atoms. The third-order valence-corrected chi connectivity index (χ3v) is 4.71. The summed E-state index contributed by atoms with van der Waals surface area (Å²) in [6.07, 6.45) is 4.65. The molecule has 4 heteroatoms. The molecule has 1 aromatic heterocycles. The van der Waals surface area contributed by atoms with E-state index in [0.29, 0.717) is 15.8 Å². The zero-order valence-corrected chi connectivity index (χ0v) is 12.2. The Bertz CT molecular complexity index is 469. The van der Waals surface area contributed by atoms with Gasteiger partial charge in [0.1, 0.15) is 10.3 Å². The van der Waals surface area contributed by atoms with Crippen molar-refractivity contribution in [3.05, 3.63) is 26.3 Å². The van der Waals surface area contributed by atoms with Gasteiger partial charge in [-0.25, -0.2) is 4.98 Å². The van der Waals surface area contributed by atoms with E-state index in [-0.39, 0.29) is 5.56 Å². The van der Waals surface area contributed by atoms with Gasteiger partial charge in [0.05, 0.1) is 5.69 Å². The van der Waals surface area contributed by atoms with Crippen molar-refractivity contribution in [3.63, 3.8) is 0 Å². The first-order valence-corrected chi connectivity index (χ1v) is 6.95. The van der Waals surface area contributed by atoms with Gasteiger partial charge in [0.2, 0.25) is 0 Å². The van der Waals surface area contributed by atoms with E-state index in [4.69, 9.17) is 0 Å². The molecule has 17 heavy (non-hydrogen) atoms. The normalized spacial score (nSPS) is 20.5. The van der Waals surface area contributed by atoms with Crippen LogP contribution >= 0.6 is 15.9 Å². The molecule has 0 saturated heterocycles. The third-order valence-electron chi connectivity index (χ3n) is 3.77. The Kier molecular flexibility index (Phi) is 3.43. The van der Waals surface area contributed by atoms with E-state index >= 15 is 0 Å². The number of nitrogens with one attached hydrogen (secondary N) is 1. The van der Waals surface area contributed by atoms with Gasteiger partial charge in [-0.15, -0.1) is 0 Å². The van der Waals surface area contributed by atoms with Gasteiger partial charge in [0.15, 0.2) is 0 Å². The van der Waals surface area contributed by atoms with Crippen molar-refractivity contribution in [2.45, 2.75) is 52.4 Å². The third kappa shape index (κ3) is 2.79. The maximum atomic E-state index is 11.7. The topological polar surface area (TPSA) is 45.8 Å². The summed E-state index contributed by atoms with van der Waals surface area (Å²) >= 11 is 3.25. The number of hydrogen-bond donors (Lipinski definition) is 1. The second-order valence-electron chi connectivity index (χ2n) is 5.79. The summed E-state index contributed by atoms with van der Waals surface area (Å²) in [5.74, 6) is 1.29. The van der Waals surface area contributed by atoms with E-state index in [1.807, 2.05) is 6.92 Å². The van der Waals surface area contributed by atoms with Gasteiger partial charge in [-0.2, -0.15) is 0 Å². The second kappa shape index (κ2) is 4.56.